The predicted molar refractivity (Wildman–Crippen MR) is 55.3 cm³/mol. The van der Waals surface area contributed by atoms with Gasteiger partial charge in [-0.1, -0.05) is 0 Å². The van der Waals surface area contributed by atoms with Crippen LogP contribution >= 0.6 is 0 Å². The molecule has 0 atom stereocenters. The van der Waals surface area contributed by atoms with Gasteiger partial charge in [0, 0.05) is 19.3 Å². The van der Waals surface area contributed by atoms with Crippen LogP contribution in [0, 0.1) is 0 Å². The molecule has 2 aromatic heterocycles. The van der Waals surface area contributed by atoms with Crippen LogP contribution in [0.25, 0.3) is 0 Å². The highest BCUT2D eigenvalue weighted by Crippen LogP contribution is 2.04. The fraction of sp³-hybridized carbons (Fsp3) is 0.400. The number of hydrogen-bond acceptors (Lipinski definition) is 4. The van der Waals surface area contributed by atoms with E-state index >= 15 is 0 Å². The molecule has 0 saturated heterocycles. The van der Waals surface area contributed by atoms with E-state index in [0.717, 1.165) is 36.7 Å². The van der Waals surface area contributed by atoms with Crippen molar-refractivity contribution in [2.45, 2.75) is 19.3 Å². The van der Waals surface area contributed by atoms with Gasteiger partial charge in [-0.2, -0.15) is 5.10 Å². The maximum absolute atomic E-state index is 5.42. The zero-order valence-electron chi connectivity index (χ0n) is 8.44. The van der Waals surface area contributed by atoms with E-state index < -0.39 is 0 Å². The molecule has 0 unspecified atom stereocenters. The van der Waals surface area contributed by atoms with Gasteiger partial charge in [0.15, 0.2) is 5.82 Å². The Morgan fingerprint density at radius 1 is 1.33 bits per heavy atom. The summed E-state index contributed by atoms with van der Waals surface area (Å²) < 4.78 is 5.22. The van der Waals surface area contributed by atoms with Crippen LogP contribution in [0.2, 0.25) is 0 Å². The minimum Gasteiger partial charge on any atom is -0.469 e. The first kappa shape index (κ1) is 9.92. The number of furan rings is 1. The number of nitrogens with zero attached hydrogens (tertiary/aromatic N) is 2. The van der Waals surface area contributed by atoms with Crippen LogP contribution in [0.4, 0.5) is 0 Å². The van der Waals surface area contributed by atoms with E-state index in [1.807, 2.05) is 12.1 Å². The van der Waals surface area contributed by atoms with Crippen molar-refractivity contribution in [1.82, 2.24) is 15.2 Å². The van der Waals surface area contributed by atoms with Crippen molar-refractivity contribution in [3.63, 3.8) is 0 Å². The Bertz CT molecular complexity index is 393. The van der Waals surface area contributed by atoms with E-state index in [1.54, 1.807) is 6.26 Å². The van der Waals surface area contributed by atoms with Crippen molar-refractivity contribution in [2.75, 3.05) is 6.54 Å². The first-order chi connectivity index (χ1) is 7.38. The zero-order valence-corrected chi connectivity index (χ0v) is 8.44. The lowest BCUT2D eigenvalue weighted by molar-refractivity contribution is 0.506. The molecule has 0 aliphatic rings. The Morgan fingerprint density at radius 2 is 2.27 bits per heavy atom. The van der Waals surface area contributed by atoms with E-state index in [2.05, 4.69) is 15.2 Å². The fourth-order valence-corrected chi connectivity index (χ4v) is 1.39. The lowest BCUT2D eigenvalue weighted by Crippen LogP contribution is -2.04. The third-order valence-electron chi connectivity index (χ3n) is 2.13. The van der Waals surface area contributed by atoms with E-state index in [0.29, 0.717) is 6.54 Å². The van der Waals surface area contributed by atoms with Gasteiger partial charge in [-0.05, 0) is 18.7 Å². The molecule has 15 heavy (non-hydrogen) atoms. The van der Waals surface area contributed by atoms with Crippen molar-refractivity contribution in [1.29, 1.82) is 0 Å². The van der Waals surface area contributed by atoms with Gasteiger partial charge in [-0.3, -0.25) is 5.10 Å². The summed E-state index contributed by atoms with van der Waals surface area (Å²) in [5.41, 5.74) is 5.42. The number of nitrogens with one attached hydrogen (secondary N) is 1. The van der Waals surface area contributed by atoms with Crippen LogP contribution in [0.15, 0.2) is 22.8 Å². The normalized spacial score (nSPS) is 10.7. The lowest BCUT2D eigenvalue weighted by atomic mass is 10.2. The molecule has 2 rings (SSSR count). The molecule has 5 nitrogen and oxygen atoms in total. The van der Waals surface area contributed by atoms with Gasteiger partial charge in [-0.25, -0.2) is 4.98 Å². The lowest BCUT2D eigenvalue weighted by Gasteiger charge is -1.91. The summed E-state index contributed by atoms with van der Waals surface area (Å²) >= 11 is 0. The standard InChI is InChI=1S/C10H14N4O/c11-6-5-10-12-9(13-14-10)4-3-8-2-1-7-15-8/h1-2,7H,3-6,11H2,(H,12,13,14). The molecular weight excluding hydrogens is 192 g/mol. The minimum absolute atomic E-state index is 0.590. The van der Waals surface area contributed by atoms with Crippen molar-refractivity contribution in [3.8, 4) is 0 Å². The Labute approximate surface area is 87.7 Å². The predicted octanol–water partition coefficient (Wildman–Crippen LogP) is 0.684. The highest BCUT2D eigenvalue weighted by Gasteiger charge is 2.03. The maximum Gasteiger partial charge on any atom is 0.151 e. The first-order valence-electron chi connectivity index (χ1n) is 5.01. The fourth-order valence-electron chi connectivity index (χ4n) is 1.39. The highest BCUT2D eigenvalue weighted by atomic mass is 16.3. The second-order valence-corrected chi connectivity index (χ2v) is 3.32. The average Bonchev–Trinajstić information content (AvgIpc) is 2.85. The summed E-state index contributed by atoms with van der Waals surface area (Å²) in [5, 5.41) is 6.97. The summed E-state index contributed by atoms with van der Waals surface area (Å²) in [6, 6.07) is 3.83. The number of hydrogen-bond donors (Lipinski definition) is 2. The Morgan fingerprint density at radius 3 is 3.00 bits per heavy atom. The molecule has 3 N–H and O–H groups in total. The molecule has 0 bridgehead atoms. The SMILES string of the molecule is NCCc1nc(CCc2ccco2)n[nH]1. The summed E-state index contributed by atoms with van der Waals surface area (Å²) in [6.07, 6.45) is 4.03. The molecule has 0 amide bonds. The topological polar surface area (TPSA) is 80.7 Å². The zero-order chi connectivity index (χ0) is 10.5. The summed E-state index contributed by atoms with van der Waals surface area (Å²) in [5.74, 6) is 2.63. The quantitative estimate of drug-likeness (QED) is 0.754. The van der Waals surface area contributed by atoms with Crippen LogP contribution < -0.4 is 5.73 Å². The van der Waals surface area contributed by atoms with Gasteiger partial charge in [0.05, 0.1) is 6.26 Å². The molecule has 5 heteroatoms. The van der Waals surface area contributed by atoms with Crippen LogP contribution in [0.3, 0.4) is 0 Å². The van der Waals surface area contributed by atoms with Gasteiger partial charge in [0.1, 0.15) is 11.6 Å². The van der Waals surface area contributed by atoms with Crippen molar-refractivity contribution in [3.05, 3.63) is 35.8 Å². The molecule has 0 saturated carbocycles. The number of H-pyrrole nitrogens is 1. The Balaban J connectivity index is 1.88. The van der Waals surface area contributed by atoms with Gasteiger partial charge < -0.3 is 10.2 Å². The molecule has 0 aliphatic heterocycles. The van der Waals surface area contributed by atoms with Crippen LogP contribution in [-0.4, -0.2) is 21.7 Å². The van der Waals surface area contributed by atoms with Crippen LogP contribution in [0.5, 0.6) is 0 Å². The number of aryl methyl sites for hydroxylation is 2. The maximum atomic E-state index is 5.42. The summed E-state index contributed by atoms with van der Waals surface area (Å²) in [4.78, 5) is 4.31. The van der Waals surface area contributed by atoms with Gasteiger partial charge >= 0.3 is 0 Å². The van der Waals surface area contributed by atoms with Crippen molar-refractivity contribution >= 4 is 0 Å². The first-order valence-corrected chi connectivity index (χ1v) is 5.01. The molecule has 0 fully saturated rings. The summed E-state index contributed by atoms with van der Waals surface area (Å²) in [6.45, 7) is 0.590. The highest BCUT2D eigenvalue weighted by molar-refractivity contribution is 5.01. The molecule has 0 aromatic carbocycles. The van der Waals surface area contributed by atoms with E-state index in [-0.39, 0.29) is 0 Å². The molecule has 2 aromatic rings. The second-order valence-electron chi connectivity index (χ2n) is 3.32. The largest absolute Gasteiger partial charge is 0.469 e. The van der Waals surface area contributed by atoms with E-state index in [9.17, 15) is 0 Å². The Hall–Kier alpha value is -1.62. The van der Waals surface area contributed by atoms with E-state index in [4.69, 9.17) is 10.2 Å². The number of aromatic amines is 1. The number of rotatable bonds is 5. The summed E-state index contributed by atoms with van der Waals surface area (Å²) in [7, 11) is 0. The monoisotopic (exact) mass is 206 g/mol. The van der Waals surface area contributed by atoms with E-state index in [1.165, 1.54) is 0 Å². The van der Waals surface area contributed by atoms with Crippen LogP contribution in [-0.2, 0) is 19.3 Å². The molecule has 0 radical (unpaired) electrons. The van der Waals surface area contributed by atoms with Gasteiger partial charge in [-0.15, -0.1) is 0 Å². The molecule has 0 spiro atoms. The smallest absolute Gasteiger partial charge is 0.151 e. The minimum atomic E-state index is 0.590. The molecule has 0 aliphatic carbocycles. The number of aromatic nitrogens is 3. The van der Waals surface area contributed by atoms with Gasteiger partial charge in [0.2, 0.25) is 0 Å². The molecule has 80 valence electrons. The second kappa shape index (κ2) is 4.75. The Kier molecular flexibility index (Phi) is 3.14. The third-order valence-corrected chi connectivity index (χ3v) is 2.13. The number of nitrogens with two attached hydrogens (primary N) is 1. The molecular formula is C10H14N4O. The third kappa shape index (κ3) is 2.66. The molecule has 2 heterocycles. The average molecular weight is 206 g/mol. The van der Waals surface area contributed by atoms with Crippen molar-refractivity contribution < 1.29 is 4.42 Å². The van der Waals surface area contributed by atoms with Crippen molar-refractivity contribution in [2.24, 2.45) is 5.73 Å². The van der Waals surface area contributed by atoms with Gasteiger partial charge in [0.25, 0.3) is 0 Å². The van der Waals surface area contributed by atoms with Crippen LogP contribution in [0.1, 0.15) is 17.4 Å².